The van der Waals surface area contributed by atoms with Crippen LogP contribution in [-0.4, -0.2) is 47.5 Å². The highest BCUT2D eigenvalue weighted by molar-refractivity contribution is 6.30. The molecule has 3 aromatic carbocycles. The van der Waals surface area contributed by atoms with Gasteiger partial charge < -0.3 is 20.4 Å². The van der Waals surface area contributed by atoms with Gasteiger partial charge >= 0.3 is 12.1 Å². The first-order valence-electron chi connectivity index (χ1n) is 10.8. The Kier molecular flexibility index (Phi) is 6.51. The summed E-state index contributed by atoms with van der Waals surface area (Å²) in [7, 11) is 0. The molecule has 6 nitrogen and oxygen atoms in total. The van der Waals surface area contributed by atoms with Crippen LogP contribution in [0.2, 0.25) is 5.02 Å². The maximum Gasteiger partial charge on any atom is 0.322 e. The summed E-state index contributed by atoms with van der Waals surface area (Å²) >= 11 is 5.92. The smallest absolute Gasteiger partial charge is 0.321 e. The third kappa shape index (κ3) is 4.81. The predicted octanol–water partition coefficient (Wildman–Crippen LogP) is 5.90. The van der Waals surface area contributed by atoms with E-state index in [0.717, 1.165) is 16.5 Å². The Morgan fingerprint density at radius 1 is 0.906 bits per heavy atom. The predicted molar refractivity (Wildman–Crippen MR) is 130 cm³/mol. The summed E-state index contributed by atoms with van der Waals surface area (Å²) in [5.41, 5.74) is 1.48. The van der Waals surface area contributed by atoms with Crippen molar-refractivity contribution in [2.45, 2.75) is 19.9 Å². The Morgan fingerprint density at radius 2 is 1.62 bits per heavy atom. The minimum Gasteiger partial charge on any atom is -0.321 e. The lowest BCUT2D eigenvalue weighted by molar-refractivity contribution is 0.0953. The van der Waals surface area contributed by atoms with Gasteiger partial charge in [0.1, 0.15) is 0 Å². The summed E-state index contributed by atoms with van der Waals surface area (Å²) in [6, 6.07) is 20.5. The summed E-state index contributed by atoms with van der Waals surface area (Å²) in [5.74, 6) is 0.194. The monoisotopic (exact) mass is 450 g/mol. The number of carbonyl (C=O) groups excluding carboxylic acids is 2. The van der Waals surface area contributed by atoms with Gasteiger partial charge in [-0.05, 0) is 41.6 Å². The van der Waals surface area contributed by atoms with Crippen molar-refractivity contribution < 1.29 is 9.59 Å². The average molecular weight is 451 g/mol. The zero-order valence-corrected chi connectivity index (χ0v) is 19.0. The van der Waals surface area contributed by atoms with Crippen molar-refractivity contribution in [3.05, 3.63) is 71.8 Å². The Labute approximate surface area is 193 Å². The van der Waals surface area contributed by atoms with E-state index in [-0.39, 0.29) is 24.0 Å². The topological polar surface area (TPSA) is 64.7 Å². The molecule has 0 aliphatic carbocycles. The van der Waals surface area contributed by atoms with E-state index >= 15 is 0 Å². The number of urea groups is 2. The molecule has 0 aromatic heterocycles. The van der Waals surface area contributed by atoms with Gasteiger partial charge in [-0.3, -0.25) is 0 Å². The van der Waals surface area contributed by atoms with Gasteiger partial charge in [0, 0.05) is 35.7 Å². The molecular weight excluding hydrogens is 424 g/mol. The van der Waals surface area contributed by atoms with E-state index in [1.54, 1.807) is 29.2 Å². The van der Waals surface area contributed by atoms with Crippen molar-refractivity contribution in [3.8, 4) is 0 Å². The van der Waals surface area contributed by atoms with Crippen LogP contribution in [0.5, 0.6) is 0 Å². The first-order valence-corrected chi connectivity index (χ1v) is 11.2. The normalized spacial score (nSPS) is 16.3. The maximum absolute atomic E-state index is 13.2. The fraction of sp³-hybridized carbons (Fsp3) is 0.280. The Balaban J connectivity index is 1.45. The van der Waals surface area contributed by atoms with E-state index in [0.29, 0.717) is 30.3 Å². The molecule has 1 aliphatic heterocycles. The first-order chi connectivity index (χ1) is 15.4. The number of anilines is 2. The zero-order chi connectivity index (χ0) is 22.7. The van der Waals surface area contributed by atoms with Gasteiger partial charge in [0.25, 0.3) is 0 Å². The van der Waals surface area contributed by atoms with Gasteiger partial charge in [0.05, 0.1) is 11.7 Å². The van der Waals surface area contributed by atoms with E-state index in [4.69, 9.17) is 11.6 Å². The van der Waals surface area contributed by atoms with E-state index in [1.165, 1.54) is 0 Å². The number of benzene rings is 3. The fourth-order valence-corrected chi connectivity index (χ4v) is 4.20. The van der Waals surface area contributed by atoms with Crippen molar-refractivity contribution in [2.75, 3.05) is 30.3 Å². The molecule has 1 unspecified atom stereocenters. The fourth-order valence-electron chi connectivity index (χ4n) is 4.07. The summed E-state index contributed by atoms with van der Waals surface area (Å²) in [5, 5.41) is 8.70. The molecular formula is C25H27ClN4O2. The second-order valence-electron chi connectivity index (χ2n) is 8.34. The molecule has 32 heavy (non-hydrogen) atoms. The minimum absolute atomic E-state index is 0.0882. The third-order valence-corrected chi connectivity index (χ3v) is 6.11. The lowest BCUT2D eigenvalue weighted by Gasteiger charge is -2.43. The van der Waals surface area contributed by atoms with Crippen molar-refractivity contribution in [3.63, 3.8) is 0 Å². The van der Waals surface area contributed by atoms with Crippen LogP contribution in [-0.2, 0) is 0 Å². The van der Waals surface area contributed by atoms with Crippen molar-refractivity contribution in [1.82, 2.24) is 9.80 Å². The van der Waals surface area contributed by atoms with Crippen LogP contribution in [0, 0.1) is 5.92 Å². The standard InChI is InChI=1S/C25H27ClN4O2/c1-17(2)23-16-29(24(31)27-20-12-10-19(26)11-13-20)14-15-30(23)25(32)28-22-9-5-7-18-6-3-4-8-21(18)22/h3-13,17,23H,14-16H2,1-2H3,(H,27,31)(H,28,32). The molecule has 1 fully saturated rings. The summed E-state index contributed by atoms with van der Waals surface area (Å²) in [6.07, 6.45) is 0. The lowest BCUT2D eigenvalue weighted by atomic mass is 10.00. The highest BCUT2D eigenvalue weighted by Crippen LogP contribution is 2.25. The maximum atomic E-state index is 13.2. The van der Waals surface area contributed by atoms with Crippen LogP contribution < -0.4 is 10.6 Å². The van der Waals surface area contributed by atoms with Gasteiger partial charge in [-0.2, -0.15) is 0 Å². The number of hydrogen-bond acceptors (Lipinski definition) is 2. The number of halogens is 1. The van der Waals surface area contributed by atoms with Gasteiger partial charge in [-0.25, -0.2) is 9.59 Å². The van der Waals surface area contributed by atoms with Gasteiger partial charge in [0.15, 0.2) is 0 Å². The Morgan fingerprint density at radius 3 is 2.38 bits per heavy atom. The number of nitrogens with zero attached hydrogens (tertiary/aromatic N) is 2. The van der Waals surface area contributed by atoms with E-state index in [2.05, 4.69) is 24.5 Å². The van der Waals surface area contributed by atoms with Gasteiger partial charge in [0.2, 0.25) is 0 Å². The third-order valence-electron chi connectivity index (χ3n) is 5.86. The second-order valence-corrected chi connectivity index (χ2v) is 8.78. The molecule has 2 N–H and O–H groups in total. The van der Waals surface area contributed by atoms with Crippen LogP contribution in [0.25, 0.3) is 10.8 Å². The highest BCUT2D eigenvalue weighted by Gasteiger charge is 2.34. The van der Waals surface area contributed by atoms with E-state index in [1.807, 2.05) is 47.4 Å². The Hall–Kier alpha value is -3.25. The van der Waals surface area contributed by atoms with Gasteiger partial charge in [-0.1, -0.05) is 61.8 Å². The Bertz CT molecular complexity index is 1110. The number of nitrogens with one attached hydrogen (secondary N) is 2. The van der Waals surface area contributed by atoms with E-state index < -0.39 is 0 Å². The zero-order valence-electron chi connectivity index (χ0n) is 18.2. The molecule has 166 valence electrons. The number of fused-ring (bicyclic) bond motifs is 1. The second kappa shape index (κ2) is 9.49. The number of hydrogen-bond donors (Lipinski definition) is 2. The van der Waals surface area contributed by atoms with Crippen LogP contribution in [0.15, 0.2) is 66.7 Å². The number of rotatable bonds is 3. The molecule has 0 bridgehead atoms. The van der Waals surface area contributed by atoms with E-state index in [9.17, 15) is 9.59 Å². The molecule has 1 saturated heterocycles. The SMILES string of the molecule is CC(C)C1CN(C(=O)Nc2ccc(Cl)cc2)CCN1C(=O)Nc1cccc2ccccc12. The quantitative estimate of drug-likeness (QED) is 0.521. The van der Waals surface area contributed by atoms with Crippen LogP contribution in [0.1, 0.15) is 13.8 Å². The average Bonchev–Trinajstić information content (AvgIpc) is 2.80. The largest absolute Gasteiger partial charge is 0.322 e. The van der Waals surface area contributed by atoms with Crippen LogP contribution >= 0.6 is 11.6 Å². The minimum atomic E-state index is -0.174. The number of carbonyl (C=O) groups is 2. The molecule has 7 heteroatoms. The first kappa shape index (κ1) is 22.0. The lowest BCUT2D eigenvalue weighted by Crippen LogP contribution is -2.59. The molecule has 0 spiro atoms. The number of amides is 4. The number of piperazine rings is 1. The van der Waals surface area contributed by atoms with Crippen molar-refractivity contribution >= 4 is 45.8 Å². The van der Waals surface area contributed by atoms with Crippen LogP contribution in [0.3, 0.4) is 0 Å². The molecule has 0 radical (unpaired) electrons. The summed E-state index contributed by atoms with van der Waals surface area (Å²) in [6.45, 7) is 5.55. The van der Waals surface area contributed by atoms with Crippen LogP contribution in [0.4, 0.5) is 21.0 Å². The molecule has 3 aromatic rings. The summed E-state index contributed by atoms with van der Waals surface area (Å²) in [4.78, 5) is 29.6. The molecule has 0 saturated carbocycles. The molecule has 1 atom stereocenters. The van der Waals surface area contributed by atoms with Crippen molar-refractivity contribution in [2.24, 2.45) is 5.92 Å². The summed E-state index contributed by atoms with van der Waals surface area (Å²) < 4.78 is 0. The van der Waals surface area contributed by atoms with Gasteiger partial charge in [-0.15, -0.1) is 0 Å². The molecule has 1 aliphatic rings. The van der Waals surface area contributed by atoms with Crippen molar-refractivity contribution in [1.29, 1.82) is 0 Å². The molecule has 4 amide bonds. The molecule has 1 heterocycles. The highest BCUT2D eigenvalue weighted by atomic mass is 35.5. The molecule has 4 rings (SSSR count).